The van der Waals surface area contributed by atoms with E-state index in [2.05, 4.69) is 36.3 Å². The lowest BCUT2D eigenvalue weighted by molar-refractivity contribution is -0.121. The van der Waals surface area contributed by atoms with Crippen LogP contribution >= 0.6 is 15.9 Å². The maximum atomic E-state index is 12.0. The summed E-state index contributed by atoms with van der Waals surface area (Å²) in [7, 11) is -0.773. The van der Waals surface area contributed by atoms with E-state index in [1.165, 1.54) is 14.2 Å². The van der Waals surface area contributed by atoms with Gasteiger partial charge in [-0.2, -0.15) is 0 Å². The highest BCUT2D eigenvalue weighted by Gasteiger charge is 2.23. The quantitative estimate of drug-likeness (QED) is 0.568. The fraction of sp³-hybridized carbons (Fsp3) is 0.667. The molecule has 0 saturated heterocycles. The molecule has 1 heterocycles. The molecule has 0 fully saturated rings. The number of hydrogen-bond donors (Lipinski definition) is 2. The molecule has 0 atom stereocenters. The average Bonchev–Trinajstić information content (AvgIpc) is 2.69. The minimum absolute atomic E-state index is 0.0151. The second kappa shape index (κ2) is 7.67. The van der Waals surface area contributed by atoms with E-state index in [9.17, 15) is 13.2 Å². The zero-order valence-electron chi connectivity index (χ0n) is 11.1. The first kappa shape index (κ1) is 17.0. The van der Waals surface area contributed by atoms with Gasteiger partial charge in [-0.05, 0) is 15.9 Å². The number of carbonyl (C=O) groups excluding carboxylic acids is 1. The Hall–Kier alpha value is -1.04. The normalized spacial score (nSPS) is 11.6. The van der Waals surface area contributed by atoms with Crippen molar-refractivity contribution in [3.63, 3.8) is 0 Å². The Labute approximate surface area is 125 Å². The third kappa shape index (κ3) is 4.81. The summed E-state index contributed by atoms with van der Waals surface area (Å²) in [6, 6.07) is 0. The van der Waals surface area contributed by atoms with Crippen LogP contribution in [0.2, 0.25) is 0 Å². The van der Waals surface area contributed by atoms with Crippen LogP contribution < -0.4 is 10.0 Å². The lowest BCUT2D eigenvalue weighted by atomic mass is 10.4. The second-order valence-electron chi connectivity index (χ2n) is 3.80. The molecule has 0 bridgehead atoms. The molecular formula is C9H16BrN5O4S. The van der Waals surface area contributed by atoms with Crippen molar-refractivity contribution in [3.8, 4) is 0 Å². The summed E-state index contributed by atoms with van der Waals surface area (Å²) < 4.78 is 32.3. The van der Waals surface area contributed by atoms with E-state index in [0.717, 1.165) is 4.68 Å². The summed E-state index contributed by atoms with van der Waals surface area (Å²) in [4.78, 5) is 11.4. The molecule has 0 aliphatic heterocycles. The highest BCUT2D eigenvalue weighted by molar-refractivity contribution is 9.10. The molecule has 1 aromatic heterocycles. The van der Waals surface area contributed by atoms with Gasteiger partial charge >= 0.3 is 0 Å². The Morgan fingerprint density at radius 3 is 2.70 bits per heavy atom. The molecule has 20 heavy (non-hydrogen) atoms. The van der Waals surface area contributed by atoms with Crippen molar-refractivity contribution in [2.75, 3.05) is 26.8 Å². The molecule has 0 spiro atoms. The summed E-state index contributed by atoms with van der Waals surface area (Å²) in [5, 5.41) is 9.68. The van der Waals surface area contributed by atoms with Gasteiger partial charge in [0.25, 0.3) is 10.0 Å². The van der Waals surface area contributed by atoms with E-state index in [1.807, 2.05) is 0 Å². The fourth-order valence-corrected chi connectivity index (χ4v) is 3.48. The first-order valence-electron chi connectivity index (χ1n) is 5.69. The molecule has 0 aliphatic rings. The number of methoxy groups -OCH3 is 1. The van der Waals surface area contributed by atoms with Gasteiger partial charge in [-0.1, -0.05) is 5.21 Å². The molecule has 114 valence electrons. The molecule has 0 unspecified atom stereocenters. The molecule has 0 aliphatic carbocycles. The SMILES string of the molecule is COCCNC(=O)CCNS(=O)(=O)c1c(Br)nnn1C. The number of sulfonamides is 1. The standard InChI is InChI=1S/C9H16BrN5O4S/c1-15-9(8(10)13-14-15)20(17,18)12-4-3-7(16)11-5-6-19-2/h12H,3-6H2,1-2H3,(H,11,16). The zero-order valence-corrected chi connectivity index (χ0v) is 13.5. The minimum atomic E-state index is -3.76. The molecular weight excluding hydrogens is 354 g/mol. The Bertz CT molecular complexity index is 539. The van der Waals surface area contributed by atoms with Crippen molar-refractivity contribution in [1.29, 1.82) is 0 Å². The lowest BCUT2D eigenvalue weighted by Crippen LogP contribution is -2.33. The van der Waals surface area contributed by atoms with Crippen molar-refractivity contribution in [1.82, 2.24) is 25.0 Å². The molecule has 1 aromatic rings. The van der Waals surface area contributed by atoms with E-state index < -0.39 is 10.0 Å². The maximum absolute atomic E-state index is 12.0. The monoisotopic (exact) mass is 369 g/mol. The molecule has 11 heteroatoms. The summed E-state index contributed by atoms with van der Waals surface area (Å²) in [5.41, 5.74) is 0. The predicted molar refractivity (Wildman–Crippen MR) is 73.4 cm³/mol. The van der Waals surface area contributed by atoms with Gasteiger partial charge in [0.2, 0.25) is 10.9 Å². The number of hydrogen-bond acceptors (Lipinski definition) is 6. The van der Waals surface area contributed by atoms with Crippen LogP contribution in [0.4, 0.5) is 0 Å². The van der Waals surface area contributed by atoms with Gasteiger partial charge in [-0.15, -0.1) is 5.10 Å². The first-order valence-corrected chi connectivity index (χ1v) is 7.96. The van der Waals surface area contributed by atoms with Crippen molar-refractivity contribution >= 4 is 31.9 Å². The van der Waals surface area contributed by atoms with Gasteiger partial charge in [0.1, 0.15) is 0 Å². The van der Waals surface area contributed by atoms with Crippen LogP contribution in [0.3, 0.4) is 0 Å². The van der Waals surface area contributed by atoms with Crippen LogP contribution in [0.1, 0.15) is 6.42 Å². The number of nitrogens with one attached hydrogen (secondary N) is 2. The van der Waals surface area contributed by atoms with Gasteiger partial charge in [0.15, 0.2) is 4.60 Å². The Kier molecular flexibility index (Phi) is 6.52. The lowest BCUT2D eigenvalue weighted by Gasteiger charge is -2.07. The topological polar surface area (TPSA) is 115 Å². The van der Waals surface area contributed by atoms with Crippen molar-refractivity contribution in [2.45, 2.75) is 11.4 Å². The van der Waals surface area contributed by atoms with Crippen molar-refractivity contribution in [2.24, 2.45) is 7.05 Å². The molecule has 1 amide bonds. The van der Waals surface area contributed by atoms with Crippen molar-refractivity contribution in [3.05, 3.63) is 4.60 Å². The number of rotatable bonds is 8. The minimum Gasteiger partial charge on any atom is -0.383 e. The van der Waals surface area contributed by atoms with E-state index >= 15 is 0 Å². The highest BCUT2D eigenvalue weighted by atomic mass is 79.9. The Morgan fingerprint density at radius 2 is 2.15 bits per heavy atom. The number of amides is 1. The van der Waals surface area contributed by atoms with Crippen LogP contribution in [0, 0.1) is 0 Å². The molecule has 9 nitrogen and oxygen atoms in total. The van der Waals surface area contributed by atoms with Crippen LogP contribution in [-0.2, 0) is 26.6 Å². The van der Waals surface area contributed by atoms with Gasteiger partial charge in [-0.3, -0.25) is 4.79 Å². The molecule has 2 N–H and O–H groups in total. The average molecular weight is 370 g/mol. The van der Waals surface area contributed by atoms with Crippen LogP contribution in [0.15, 0.2) is 9.63 Å². The van der Waals surface area contributed by atoms with Crippen LogP contribution in [-0.4, -0.2) is 56.1 Å². The predicted octanol–water partition coefficient (Wildman–Crippen LogP) is -0.991. The fourth-order valence-electron chi connectivity index (χ4n) is 1.36. The number of halogens is 1. The summed E-state index contributed by atoms with van der Waals surface area (Å²) in [5.74, 6) is -0.257. The molecule has 0 aromatic carbocycles. The number of aromatic nitrogens is 3. The number of ether oxygens (including phenoxy) is 1. The van der Waals surface area contributed by atoms with Crippen molar-refractivity contribution < 1.29 is 17.9 Å². The summed E-state index contributed by atoms with van der Waals surface area (Å²) >= 11 is 3.01. The van der Waals surface area contributed by atoms with Gasteiger partial charge in [0, 0.05) is 33.7 Å². The molecule has 1 rings (SSSR count). The second-order valence-corrected chi connectivity index (χ2v) is 6.23. The number of nitrogens with zero attached hydrogens (tertiary/aromatic N) is 3. The van der Waals surface area contributed by atoms with Crippen LogP contribution in [0.5, 0.6) is 0 Å². The summed E-state index contributed by atoms with van der Waals surface area (Å²) in [6.45, 7) is 0.781. The van der Waals surface area contributed by atoms with E-state index in [-0.39, 0.29) is 28.5 Å². The van der Waals surface area contributed by atoms with Gasteiger partial charge in [0.05, 0.1) is 6.61 Å². The zero-order chi connectivity index (χ0) is 15.2. The van der Waals surface area contributed by atoms with E-state index in [0.29, 0.717) is 13.2 Å². The van der Waals surface area contributed by atoms with Crippen LogP contribution in [0.25, 0.3) is 0 Å². The highest BCUT2D eigenvalue weighted by Crippen LogP contribution is 2.17. The number of aryl methyl sites for hydroxylation is 1. The third-order valence-electron chi connectivity index (χ3n) is 2.26. The maximum Gasteiger partial charge on any atom is 0.260 e. The molecule has 0 saturated carbocycles. The molecule has 0 radical (unpaired) electrons. The van der Waals surface area contributed by atoms with Gasteiger partial charge in [-0.25, -0.2) is 17.8 Å². The van der Waals surface area contributed by atoms with E-state index in [1.54, 1.807) is 0 Å². The Morgan fingerprint density at radius 1 is 1.45 bits per heavy atom. The largest absolute Gasteiger partial charge is 0.383 e. The smallest absolute Gasteiger partial charge is 0.260 e. The summed E-state index contributed by atoms with van der Waals surface area (Å²) in [6.07, 6.45) is 0.0336. The third-order valence-corrected chi connectivity index (χ3v) is 4.61. The number of carbonyl (C=O) groups is 1. The van der Waals surface area contributed by atoms with E-state index in [4.69, 9.17) is 4.74 Å². The first-order chi connectivity index (χ1) is 9.38. The Balaban J connectivity index is 2.47. The van der Waals surface area contributed by atoms with Gasteiger partial charge < -0.3 is 10.1 Å².